The van der Waals surface area contributed by atoms with Crippen molar-refractivity contribution in [2.24, 2.45) is 0 Å². The highest BCUT2D eigenvalue weighted by Gasteiger charge is 2.26. The lowest BCUT2D eigenvalue weighted by atomic mass is 10.3. The first-order valence-corrected chi connectivity index (χ1v) is 10.9. The maximum Gasteiger partial charge on any atom is 0.289 e. The molecule has 1 fully saturated rings. The van der Waals surface area contributed by atoms with Gasteiger partial charge in [0, 0.05) is 31.9 Å². The molecule has 1 saturated heterocycles. The van der Waals surface area contributed by atoms with Crippen LogP contribution in [0.25, 0.3) is 0 Å². The van der Waals surface area contributed by atoms with Crippen LogP contribution >= 0.6 is 23.1 Å². The second kappa shape index (κ2) is 9.10. The molecule has 0 radical (unpaired) electrons. The van der Waals surface area contributed by atoms with Crippen molar-refractivity contribution in [3.8, 4) is 0 Å². The van der Waals surface area contributed by atoms with E-state index in [2.05, 4.69) is 15.5 Å². The summed E-state index contributed by atoms with van der Waals surface area (Å²) in [7, 11) is 0. The fraction of sp³-hybridized carbons (Fsp3) is 0.263. The van der Waals surface area contributed by atoms with E-state index < -0.39 is 0 Å². The molecule has 0 atom stereocenters. The lowest BCUT2D eigenvalue weighted by molar-refractivity contribution is -0.129. The zero-order chi connectivity index (χ0) is 20.1. The Morgan fingerprint density at radius 1 is 1.03 bits per heavy atom. The highest BCUT2D eigenvalue weighted by atomic mass is 32.2. The van der Waals surface area contributed by atoms with Crippen LogP contribution in [0.3, 0.4) is 0 Å². The van der Waals surface area contributed by atoms with Crippen molar-refractivity contribution in [3.63, 3.8) is 0 Å². The van der Waals surface area contributed by atoms with Crippen LogP contribution < -0.4 is 5.32 Å². The molecular weight excluding hydrogens is 410 g/mol. The van der Waals surface area contributed by atoms with E-state index in [1.165, 1.54) is 29.4 Å². The fourth-order valence-electron chi connectivity index (χ4n) is 2.89. The van der Waals surface area contributed by atoms with Gasteiger partial charge in [-0.05, 0) is 24.3 Å². The van der Waals surface area contributed by atoms with E-state index in [0.29, 0.717) is 42.8 Å². The number of carbonyl (C=O) groups excluding carboxylic acids is 2. The number of amides is 2. The van der Waals surface area contributed by atoms with Gasteiger partial charge in [-0.15, -0.1) is 10.2 Å². The Hall–Kier alpha value is -2.85. The number of rotatable bonds is 6. The summed E-state index contributed by atoms with van der Waals surface area (Å²) in [4.78, 5) is 28.3. The molecule has 10 heteroatoms. The minimum Gasteiger partial charge on any atom is -0.459 e. The van der Waals surface area contributed by atoms with Crippen LogP contribution in [0.1, 0.15) is 10.6 Å². The summed E-state index contributed by atoms with van der Waals surface area (Å²) in [6.07, 6.45) is 1.48. The first kappa shape index (κ1) is 19.5. The number of hydrogen-bond acceptors (Lipinski definition) is 8. The number of thioether (sulfide) groups is 1. The Morgan fingerprint density at radius 2 is 1.79 bits per heavy atom. The molecule has 2 aromatic heterocycles. The largest absolute Gasteiger partial charge is 0.459 e. The number of benzene rings is 1. The van der Waals surface area contributed by atoms with E-state index in [9.17, 15) is 9.59 Å². The Morgan fingerprint density at radius 3 is 2.52 bits per heavy atom. The SMILES string of the molecule is O=C(CSc1nnc(Nc2ccccc2)s1)N1CCN(C(=O)c2ccco2)CC1. The van der Waals surface area contributed by atoms with Crippen molar-refractivity contribution in [1.29, 1.82) is 0 Å². The van der Waals surface area contributed by atoms with Gasteiger partial charge < -0.3 is 19.5 Å². The molecule has 29 heavy (non-hydrogen) atoms. The van der Waals surface area contributed by atoms with Crippen molar-refractivity contribution >= 4 is 45.7 Å². The van der Waals surface area contributed by atoms with Crippen LogP contribution in [0.2, 0.25) is 0 Å². The van der Waals surface area contributed by atoms with E-state index in [-0.39, 0.29) is 11.8 Å². The molecule has 0 aliphatic carbocycles. The second-order valence-corrected chi connectivity index (χ2v) is 8.50. The second-order valence-electron chi connectivity index (χ2n) is 6.30. The Kier molecular flexibility index (Phi) is 6.11. The summed E-state index contributed by atoms with van der Waals surface area (Å²) in [5, 5.41) is 12.1. The summed E-state index contributed by atoms with van der Waals surface area (Å²) < 4.78 is 5.90. The molecular formula is C19H19N5O3S2. The van der Waals surface area contributed by atoms with Crippen LogP contribution in [-0.2, 0) is 4.79 Å². The van der Waals surface area contributed by atoms with Gasteiger partial charge in [0.1, 0.15) is 0 Å². The Bertz CT molecular complexity index is 953. The van der Waals surface area contributed by atoms with Crippen molar-refractivity contribution in [3.05, 3.63) is 54.5 Å². The monoisotopic (exact) mass is 429 g/mol. The van der Waals surface area contributed by atoms with Gasteiger partial charge in [-0.25, -0.2) is 0 Å². The predicted octanol–water partition coefficient (Wildman–Crippen LogP) is 2.95. The number of nitrogens with one attached hydrogen (secondary N) is 1. The van der Waals surface area contributed by atoms with E-state index in [0.717, 1.165) is 10.0 Å². The number of anilines is 2. The topological polar surface area (TPSA) is 91.6 Å². The number of hydrogen-bond donors (Lipinski definition) is 1. The molecule has 3 heterocycles. The van der Waals surface area contributed by atoms with E-state index in [4.69, 9.17) is 4.42 Å². The lowest BCUT2D eigenvalue weighted by Gasteiger charge is -2.34. The third kappa shape index (κ3) is 4.96. The molecule has 4 rings (SSSR count). The molecule has 1 aromatic carbocycles. The Balaban J connectivity index is 1.23. The first-order chi connectivity index (χ1) is 14.2. The molecule has 0 spiro atoms. The molecule has 0 bridgehead atoms. The highest BCUT2D eigenvalue weighted by Crippen LogP contribution is 2.27. The average Bonchev–Trinajstić information content (AvgIpc) is 3.45. The molecule has 1 N–H and O–H groups in total. The van der Waals surface area contributed by atoms with Crippen molar-refractivity contribution in [2.75, 3.05) is 37.2 Å². The number of piperazine rings is 1. The van der Waals surface area contributed by atoms with Gasteiger partial charge in [-0.1, -0.05) is 41.3 Å². The van der Waals surface area contributed by atoms with Gasteiger partial charge in [-0.2, -0.15) is 0 Å². The van der Waals surface area contributed by atoms with E-state index in [1.807, 2.05) is 30.3 Å². The maximum absolute atomic E-state index is 12.5. The molecule has 1 aliphatic rings. The minimum absolute atomic E-state index is 0.0351. The molecule has 0 saturated carbocycles. The maximum atomic E-state index is 12.5. The van der Waals surface area contributed by atoms with Crippen LogP contribution in [0.4, 0.5) is 10.8 Å². The smallest absolute Gasteiger partial charge is 0.289 e. The van der Waals surface area contributed by atoms with Gasteiger partial charge in [0.05, 0.1) is 12.0 Å². The summed E-state index contributed by atoms with van der Waals surface area (Å²) in [6.45, 7) is 2.03. The van der Waals surface area contributed by atoms with Gasteiger partial charge in [-0.3, -0.25) is 9.59 Å². The van der Waals surface area contributed by atoms with Crippen LogP contribution in [-0.4, -0.2) is 63.7 Å². The number of nitrogens with zero attached hydrogens (tertiary/aromatic N) is 4. The summed E-state index contributed by atoms with van der Waals surface area (Å²) in [5.74, 6) is 0.528. The lowest BCUT2D eigenvalue weighted by Crippen LogP contribution is -2.51. The van der Waals surface area contributed by atoms with Gasteiger partial charge in [0.15, 0.2) is 10.1 Å². The van der Waals surface area contributed by atoms with Gasteiger partial charge in [0.25, 0.3) is 5.91 Å². The quantitative estimate of drug-likeness (QED) is 0.602. The first-order valence-electron chi connectivity index (χ1n) is 9.08. The molecule has 2 amide bonds. The zero-order valence-corrected chi connectivity index (χ0v) is 17.1. The summed E-state index contributed by atoms with van der Waals surface area (Å²) in [5.41, 5.74) is 0.943. The third-order valence-corrected chi connectivity index (χ3v) is 6.36. The van der Waals surface area contributed by atoms with E-state index in [1.54, 1.807) is 21.9 Å². The standard InChI is InChI=1S/C19H19N5O3S2/c25-16(23-8-10-24(11-9-23)17(26)15-7-4-12-27-15)13-28-19-22-21-18(29-19)20-14-5-2-1-3-6-14/h1-7,12H,8-11,13H2,(H,20,21). The number of furan rings is 1. The third-order valence-electron chi connectivity index (χ3n) is 4.40. The fourth-order valence-corrected chi connectivity index (χ4v) is 4.57. The van der Waals surface area contributed by atoms with Crippen LogP contribution in [0.5, 0.6) is 0 Å². The van der Waals surface area contributed by atoms with E-state index >= 15 is 0 Å². The average molecular weight is 430 g/mol. The van der Waals surface area contributed by atoms with Crippen molar-refractivity contribution < 1.29 is 14.0 Å². The van der Waals surface area contributed by atoms with Gasteiger partial charge in [0.2, 0.25) is 11.0 Å². The normalized spacial score (nSPS) is 14.1. The summed E-state index contributed by atoms with van der Waals surface area (Å²) >= 11 is 2.79. The summed E-state index contributed by atoms with van der Waals surface area (Å²) in [6, 6.07) is 13.1. The number of para-hydroxylation sites is 1. The van der Waals surface area contributed by atoms with Crippen LogP contribution in [0, 0.1) is 0 Å². The predicted molar refractivity (Wildman–Crippen MR) is 112 cm³/mol. The number of carbonyl (C=O) groups is 2. The molecule has 8 nitrogen and oxygen atoms in total. The Labute approximate surface area is 175 Å². The highest BCUT2D eigenvalue weighted by molar-refractivity contribution is 8.01. The van der Waals surface area contributed by atoms with Crippen molar-refractivity contribution in [2.45, 2.75) is 4.34 Å². The van der Waals surface area contributed by atoms with Gasteiger partial charge >= 0.3 is 0 Å². The zero-order valence-electron chi connectivity index (χ0n) is 15.5. The van der Waals surface area contributed by atoms with Crippen molar-refractivity contribution in [1.82, 2.24) is 20.0 Å². The molecule has 3 aromatic rings. The minimum atomic E-state index is -0.135. The molecule has 150 valence electrons. The number of aromatic nitrogens is 2. The van der Waals surface area contributed by atoms with Crippen LogP contribution in [0.15, 0.2) is 57.5 Å². The molecule has 0 unspecified atom stereocenters. The molecule has 1 aliphatic heterocycles.